The largest absolute Gasteiger partial charge is 0.325 e. The third kappa shape index (κ3) is 2.49. The number of amides is 1. The second kappa shape index (κ2) is 5.14. The molecule has 1 aromatic carbocycles. The predicted octanol–water partition coefficient (Wildman–Crippen LogP) is 2.66. The Hall–Kier alpha value is -1.06. The zero-order valence-corrected chi connectivity index (χ0v) is 12.1. The van der Waals surface area contributed by atoms with Crippen LogP contribution in [0.3, 0.4) is 0 Å². The number of fused-ring (bicyclic) bond motifs is 1. The fourth-order valence-electron chi connectivity index (χ4n) is 3.14. The Morgan fingerprint density at radius 3 is 2.74 bits per heavy atom. The predicted molar refractivity (Wildman–Crippen MR) is 79.7 cm³/mol. The van der Waals surface area contributed by atoms with E-state index in [2.05, 4.69) is 13.0 Å². The summed E-state index contributed by atoms with van der Waals surface area (Å²) in [5.41, 5.74) is 8.32. The fourth-order valence-corrected chi connectivity index (χ4v) is 3.14. The van der Waals surface area contributed by atoms with Crippen LogP contribution >= 0.6 is 12.4 Å². The summed E-state index contributed by atoms with van der Waals surface area (Å²) in [5.74, 6) is 0.189. The summed E-state index contributed by atoms with van der Waals surface area (Å²) in [7, 11) is 0. The van der Waals surface area contributed by atoms with Crippen LogP contribution in [0.2, 0.25) is 0 Å². The first-order chi connectivity index (χ1) is 8.59. The van der Waals surface area contributed by atoms with E-state index < -0.39 is 0 Å². The van der Waals surface area contributed by atoms with Gasteiger partial charge in [0.1, 0.15) is 0 Å². The summed E-state index contributed by atoms with van der Waals surface area (Å²) in [5, 5.41) is 0. The van der Waals surface area contributed by atoms with Crippen molar-refractivity contribution in [1.29, 1.82) is 0 Å². The van der Waals surface area contributed by atoms with Crippen LogP contribution < -0.4 is 10.6 Å². The maximum Gasteiger partial charge on any atom is 0.229 e. The molecule has 1 heterocycles. The standard InChI is InChI=1S/C15H20N2O.ClH/c1-11-9-12-5-2-3-6-13(12)17(11)14(18)10-15(16)7-4-8-15;/h2-3,5-6,11H,4,7-10,16H2,1H3;1H. The molecule has 2 N–H and O–H groups in total. The molecule has 2 aliphatic rings. The third-order valence-corrected chi connectivity index (χ3v) is 4.33. The molecule has 1 aromatic rings. The number of halogens is 1. The lowest BCUT2D eigenvalue weighted by atomic mass is 9.75. The number of nitrogens with two attached hydrogens (primary N) is 1. The van der Waals surface area contributed by atoms with Crippen molar-refractivity contribution in [2.45, 2.75) is 50.6 Å². The van der Waals surface area contributed by atoms with Crippen molar-refractivity contribution in [1.82, 2.24) is 0 Å². The topological polar surface area (TPSA) is 46.3 Å². The number of benzene rings is 1. The molecular weight excluding hydrogens is 260 g/mol. The molecule has 0 bridgehead atoms. The van der Waals surface area contributed by atoms with E-state index in [1.807, 2.05) is 23.1 Å². The van der Waals surface area contributed by atoms with E-state index in [-0.39, 0.29) is 29.9 Å². The zero-order valence-electron chi connectivity index (χ0n) is 11.3. The Balaban J connectivity index is 0.00000133. The van der Waals surface area contributed by atoms with Gasteiger partial charge in [-0.2, -0.15) is 0 Å². The third-order valence-electron chi connectivity index (χ3n) is 4.33. The highest BCUT2D eigenvalue weighted by Gasteiger charge is 2.39. The van der Waals surface area contributed by atoms with Crippen LogP contribution in [0, 0.1) is 0 Å². The minimum absolute atomic E-state index is 0. The molecule has 3 rings (SSSR count). The van der Waals surface area contributed by atoms with Crippen molar-refractivity contribution in [3.05, 3.63) is 29.8 Å². The molecule has 1 unspecified atom stereocenters. The van der Waals surface area contributed by atoms with Crippen molar-refractivity contribution >= 4 is 24.0 Å². The van der Waals surface area contributed by atoms with E-state index in [0.717, 1.165) is 31.4 Å². The number of rotatable bonds is 2. The van der Waals surface area contributed by atoms with Crippen LogP contribution in [0.1, 0.15) is 38.2 Å². The van der Waals surface area contributed by atoms with Gasteiger partial charge in [0.05, 0.1) is 0 Å². The van der Waals surface area contributed by atoms with Gasteiger partial charge in [0, 0.05) is 23.7 Å². The van der Waals surface area contributed by atoms with Gasteiger partial charge in [-0.1, -0.05) is 18.2 Å². The van der Waals surface area contributed by atoms with Crippen LogP contribution in [0.15, 0.2) is 24.3 Å². The quantitative estimate of drug-likeness (QED) is 0.905. The average Bonchev–Trinajstić information content (AvgIpc) is 2.62. The highest BCUT2D eigenvalue weighted by molar-refractivity contribution is 5.96. The molecule has 0 radical (unpaired) electrons. The molecule has 3 nitrogen and oxygen atoms in total. The molecule has 1 aliphatic heterocycles. The fraction of sp³-hybridized carbons (Fsp3) is 0.533. The number of carbonyl (C=O) groups excluding carboxylic acids is 1. The number of hydrogen-bond donors (Lipinski definition) is 1. The van der Waals surface area contributed by atoms with Crippen LogP contribution in [-0.4, -0.2) is 17.5 Å². The summed E-state index contributed by atoms with van der Waals surface area (Å²) >= 11 is 0. The van der Waals surface area contributed by atoms with E-state index in [4.69, 9.17) is 5.73 Å². The van der Waals surface area contributed by atoms with E-state index in [1.54, 1.807) is 0 Å². The van der Waals surface area contributed by atoms with Gasteiger partial charge in [-0.15, -0.1) is 12.4 Å². The van der Waals surface area contributed by atoms with Crippen LogP contribution in [0.5, 0.6) is 0 Å². The van der Waals surface area contributed by atoms with Crippen LogP contribution in [-0.2, 0) is 11.2 Å². The zero-order chi connectivity index (χ0) is 12.8. The van der Waals surface area contributed by atoms with Gasteiger partial charge in [-0.25, -0.2) is 0 Å². The molecule has 0 saturated heterocycles. The number of anilines is 1. The normalized spacial score (nSPS) is 23.3. The highest BCUT2D eigenvalue weighted by atomic mass is 35.5. The number of para-hydroxylation sites is 1. The molecule has 1 amide bonds. The summed E-state index contributed by atoms with van der Waals surface area (Å²) in [6.07, 6.45) is 4.59. The van der Waals surface area contributed by atoms with E-state index in [0.29, 0.717) is 6.42 Å². The molecule has 4 heteroatoms. The molecular formula is C15H21ClN2O. The van der Waals surface area contributed by atoms with E-state index >= 15 is 0 Å². The first-order valence-electron chi connectivity index (χ1n) is 6.78. The monoisotopic (exact) mass is 280 g/mol. The van der Waals surface area contributed by atoms with Gasteiger partial charge in [0.25, 0.3) is 0 Å². The average molecular weight is 281 g/mol. The first-order valence-corrected chi connectivity index (χ1v) is 6.78. The van der Waals surface area contributed by atoms with Crippen molar-refractivity contribution in [2.75, 3.05) is 4.90 Å². The second-order valence-electron chi connectivity index (χ2n) is 5.84. The second-order valence-corrected chi connectivity index (χ2v) is 5.84. The van der Waals surface area contributed by atoms with Gasteiger partial charge in [0.2, 0.25) is 5.91 Å². The molecule has 104 valence electrons. The summed E-state index contributed by atoms with van der Waals surface area (Å²) in [6.45, 7) is 2.11. The molecule has 1 aliphatic carbocycles. The molecule has 0 aromatic heterocycles. The lowest BCUT2D eigenvalue weighted by Crippen LogP contribution is -2.51. The molecule has 19 heavy (non-hydrogen) atoms. The molecule has 0 spiro atoms. The Morgan fingerprint density at radius 1 is 1.42 bits per heavy atom. The number of hydrogen-bond acceptors (Lipinski definition) is 2. The van der Waals surface area contributed by atoms with E-state index in [9.17, 15) is 4.79 Å². The summed E-state index contributed by atoms with van der Waals surface area (Å²) < 4.78 is 0. The molecule has 1 saturated carbocycles. The lowest BCUT2D eigenvalue weighted by molar-refractivity contribution is -0.120. The van der Waals surface area contributed by atoms with Crippen molar-refractivity contribution in [3.8, 4) is 0 Å². The number of nitrogens with zero attached hydrogens (tertiary/aromatic N) is 1. The van der Waals surface area contributed by atoms with Gasteiger partial charge in [0.15, 0.2) is 0 Å². The summed E-state index contributed by atoms with van der Waals surface area (Å²) in [6, 6.07) is 8.45. The van der Waals surface area contributed by atoms with Crippen LogP contribution in [0.25, 0.3) is 0 Å². The van der Waals surface area contributed by atoms with Gasteiger partial charge in [-0.3, -0.25) is 4.79 Å². The first kappa shape index (κ1) is 14.4. The highest BCUT2D eigenvalue weighted by Crippen LogP contribution is 2.36. The van der Waals surface area contributed by atoms with Crippen molar-refractivity contribution in [3.63, 3.8) is 0 Å². The minimum Gasteiger partial charge on any atom is -0.325 e. The Bertz CT molecular complexity index is 485. The van der Waals surface area contributed by atoms with E-state index in [1.165, 1.54) is 5.56 Å². The lowest BCUT2D eigenvalue weighted by Gasteiger charge is -2.39. The molecule has 1 atom stereocenters. The SMILES string of the molecule is CC1Cc2ccccc2N1C(=O)CC1(N)CCC1.Cl. The van der Waals surface area contributed by atoms with Gasteiger partial charge < -0.3 is 10.6 Å². The molecule has 1 fully saturated rings. The van der Waals surface area contributed by atoms with Gasteiger partial charge in [-0.05, 0) is 44.2 Å². The van der Waals surface area contributed by atoms with Crippen molar-refractivity contribution in [2.24, 2.45) is 5.73 Å². The number of carbonyl (C=O) groups is 1. The van der Waals surface area contributed by atoms with Crippen molar-refractivity contribution < 1.29 is 4.79 Å². The minimum atomic E-state index is -0.228. The summed E-state index contributed by atoms with van der Waals surface area (Å²) in [4.78, 5) is 14.4. The smallest absolute Gasteiger partial charge is 0.229 e. The maximum absolute atomic E-state index is 12.5. The van der Waals surface area contributed by atoms with Gasteiger partial charge >= 0.3 is 0 Å². The Morgan fingerprint density at radius 2 is 2.11 bits per heavy atom. The Kier molecular flexibility index (Phi) is 3.88. The van der Waals surface area contributed by atoms with Crippen LogP contribution in [0.4, 0.5) is 5.69 Å². The maximum atomic E-state index is 12.5. The Labute approximate surface area is 120 Å².